The smallest absolute Gasteiger partial charge is 0.335 e. The van der Waals surface area contributed by atoms with Gasteiger partial charge in [-0.15, -0.1) is 11.8 Å². The molecule has 1 heterocycles. The minimum atomic E-state index is -0.974. The van der Waals surface area contributed by atoms with Crippen LogP contribution in [0.3, 0.4) is 0 Å². The highest BCUT2D eigenvalue weighted by molar-refractivity contribution is 7.98. The highest BCUT2D eigenvalue weighted by Crippen LogP contribution is 2.34. The molecule has 0 fully saturated rings. The Balaban J connectivity index is 1.88. The van der Waals surface area contributed by atoms with Crippen LogP contribution in [0.1, 0.15) is 15.9 Å². The van der Waals surface area contributed by atoms with E-state index in [0.717, 1.165) is 32.5 Å². The van der Waals surface area contributed by atoms with Crippen LogP contribution >= 0.6 is 11.8 Å². The summed E-state index contributed by atoms with van der Waals surface area (Å²) in [6.07, 6.45) is 1.92. The fourth-order valence-electron chi connectivity index (χ4n) is 3.43. The zero-order valence-electron chi connectivity index (χ0n) is 16.9. The van der Waals surface area contributed by atoms with Gasteiger partial charge in [0.1, 0.15) is 11.8 Å². The predicted molar refractivity (Wildman–Crippen MR) is 123 cm³/mol. The second-order valence-electron chi connectivity index (χ2n) is 6.86. The Bertz CT molecular complexity index is 1340. The molecule has 152 valence electrons. The van der Waals surface area contributed by atoms with E-state index in [0.29, 0.717) is 17.0 Å². The van der Waals surface area contributed by atoms with Gasteiger partial charge in [0.2, 0.25) is 0 Å². The summed E-state index contributed by atoms with van der Waals surface area (Å²) in [5.74, 6) is -0.190. The summed E-state index contributed by atoms with van der Waals surface area (Å²) < 4.78 is 5.30. The van der Waals surface area contributed by atoms with Crippen molar-refractivity contribution in [1.29, 1.82) is 5.26 Å². The Labute approximate surface area is 183 Å². The van der Waals surface area contributed by atoms with E-state index in [1.807, 2.05) is 48.7 Å². The van der Waals surface area contributed by atoms with E-state index in [-0.39, 0.29) is 5.56 Å². The molecule has 4 aromatic rings. The first-order chi connectivity index (χ1) is 15.0. The number of benzene rings is 3. The number of pyridine rings is 1. The van der Waals surface area contributed by atoms with E-state index in [1.54, 1.807) is 31.4 Å². The fraction of sp³-hybridized carbons (Fsp3) is 0.0800. The molecule has 0 aliphatic carbocycles. The summed E-state index contributed by atoms with van der Waals surface area (Å²) in [4.78, 5) is 16.8. The topological polar surface area (TPSA) is 83.2 Å². The third-order valence-corrected chi connectivity index (χ3v) is 5.83. The summed E-state index contributed by atoms with van der Waals surface area (Å²) in [6, 6.07) is 22.5. The lowest BCUT2D eigenvalue weighted by molar-refractivity contribution is 0.0697. The molecule has 0 amide bonds. The van der Waals surface area contributed by atoms with E-state index < -0.39 is 5.97 Å². The van der Waals surface area contributed by atoms with Crippen LogP contribution in [0.25, 0.3) is 33.3 Å². The van der Waals surface area contributed by atoms with E-state index in [9.17, 15) is 10.1 Å². The number of carboxylic acid groups (broad SMARTS) is 1. The second-order valence-corrected chi connectivity index (χ2v) is 7.70. The van der Waals surface area contributed by atoms with Crippen molar-refractivity contribution < 1.29 is 14.6 Å². The molecule has 0 saturated heterocycles. The van der Waals surface area contributed by atoms with Crippen LogP contribution in [-0.4, -0.2) is 29.4 Å². The number of rotatable bonds is 5. The number of thioether (sulfide) groups is 1. The van der Waals surface area contributed by atoms with E-state index in [4.69, 9.17) is 14.8 Å². The molecular weight excluding hydrogens is 408 g/mol. The van der Waals surface area contributed by atoms with Gasteiger partial charge in [-0.05, 0) is 53.4 Å². The lowest BCUT2D eigenvalue weighted by Gasteiger charge is -2.12. The maximum absolute atomic E-state index is 11.2. The van der Waals surface area contributed by atoms with Crippen molar-refractivity contribution >= 4 is 28.5 Å². The highest BCUT2D eigenvalue weighted by Gasteiger charge is 2.16. The summed E-state index contributed by atoms with van der Waals surface area (Å²) >= 11 is 1.48. The molecule has 1 aromatic heterocycles. The number of carboxylic acids is 1. The van der Waals surface area contributed by atoms with Gasteiger partial charge in [0.05, 0.1) is 29.6 Å². The first kappa shape index (κ1) is 20.5. The SMILES string of the molecule is COc1ccc2cc(-c3nc(-c4ccc(C(=O)O)cc4)cc(SC)c3C#N)ccc2c1. The molecule has 0 bridgehead atoms. The molecule has 5 nitrogen and oxygen atoms in total. The van der Waals surface area contributed by atoms with Crippen molar-refractivity contribution in [2.24, 2.45) is 0 Å². The van der Waals surface area contributed by atoms with Crippen LogP contribution in [-0.2, 0) is 0 Å². The fourth-order valence-corrected chi connectivity index (χ4v) is 4.01. The summed E-state index contributed by atoms with van der Waals surface area (Å²) in [5.41, 5.74) is 3.65. The zero-order chi connectivity index (χ0) is 22.0. The van der Waals surface area contributed by atoms with Gasteiger partial charge >= 0.3 is 5.97 Å². The molecule has 3 aromatic carbocycles. The Morgan fingerprint density at radius 3 is 2.32 bits per heavy atom. The lowest BCUT2D eigenvalue weighted by atomic mass is 10.00. The predicted octanol–water partition coefficient (Wildman–Crippen LogP) is 5.87. The van der Waals surface area contributed by atoms with Crippen molar-refractivity contribution in [2.75, 3.05) is 13.4 Å². The standard InChI is InChI=1S/C25H18N2O3S/c1-30-20-10-9-17-11-19(8-7-18(17)12-20)24-21(14-26)23(31-2)13-22(27-24)15-3-5-16(6-4-15)25(28)29/h3-13H,1-2H3,(H,28,29). The molecule has 0 aliphatic rings. The number of hydrogen-bond donors (Lipinski definition) is 1. The van der Waals surface area contributed by atoms with Crippen molar-refractivity contribution in [3.05, 3.63) is 77.9 Å². The van der Waals surface area contributed by atoms with Crippen molar-refractivity contribution in [1.82, 2.24) is 4.98 Å². The van der Waals surface area contributed by atoms with Gasteiger partial charge in [-0.1, -0.05) is 30.3 Å². The normalized spacial score (nSPS) is 10.6. The monoisotopic (exact) mass is 426 g/mol. The van der Waals surface area contributed by atoms with Gasteiger partial charge in [0, 0.05) is 16.0 Å². The average molecular weight is 426 g/mol. The minimum Gasteiger partial charge on any atom is -0.497 e. The third-order valence-electron chi connectivity index (χ3n) is 5.06. The van der Waals surface area contributed by atoms with Crippen LogP contribution in [0, 0.1) is 11.3 Å². The Kier molecular flexibility index (Phi) is 5.61. The number of methoxy groups -OCH3 is 1. The van der Waals surface area contributed by atoms with E-state index in [2.05, 4.69) is 6.07 Å². The molecule has 0 atom stereocenters. The molecule has 0 aliphatic heterocycles. The first-order valence-corrected chi connectivity index (χ1v) is 10.7. The maximum atomic E-state index is 11.2. The Morgan fingerprint density at radius 1 is 1.00 bits per heavy atom. The third kappa shape index (κ3) is 3.96. The van der Waals surface area contributed by atoms with Crippen molar-refractivity contribution in [3.63, 3.8) is 0 Å². The number of ether oxygens (including phenoxy) is 1. The first-order valence-electron chi connectivity index (χ1n) is 9.45. The minimum absolute atomic E-state index is 0.215. The number of fused-ring (bicyclic) bond motifs is 1. The summed E-state index contributed by atoms with van der Waals surface area (Å²) in [6.45, 7) is 0. The summed E-state index contributed by atoms with van der Waals surface area (Å²) in [5, 5.41) is 21.0. The number of nitriles is 1. The largest absolute Gasteiger partial charge is 0.497 e. The molecule has 4 rings (SSSR count). The van der Waals surface area contributed by atoms with Crippen LogP contribution in [0.15, 0.2) is 71.6 Å². The van der Waals surface area contributed by atoms with Gasteiger partial charge in [-0.2, -0.15) is 5.26 Å². The van der Waals surface area contributed by atoms with Crippen molar-refractivity contribution in [3.8, 4) is 34.3 Å². The van der Waals surface area contributed by atoms with Gasteiger partial charge in [-0.3, -0.25) is 0 Å². The van der Waals surface area contributed by atoms with Gasteiger partial charge in [0.25, 0.3) is 0 Å². The molecule has 6 heteroatoms. The van der Waals surface area contributed by atoms with Gasteiger partial charge < -0.3 is 9.84 Å². The van der Waals surface area contributed by atoms with Crippen LogP contribution < -0.4 is 4.74 Å². The number of nitrogens with zero attached hydrogens (tertiary/aromatic N) is 2. The molecule has 31 heavy (non-hydrogen) atoms. The Morgan fingerprint density at radius 2 is 1.68 bits per heavy atom. The molecule has 0 unspecified atom stereocenters. The van der Waals surface area contributed by atoms with Gasteiger partial charge in [0.15, 0.2) is 0 Å². The number of aromatic nitrogens is 1. The number of carbonyl (C=O) groups is 1. The average Bonchev–Trinajstić information content (AvgIpc) is 2.82. The Hall–Kier alpha value is -3.82. The van der Waals surface area contributed by atoms with Crippen molar-refractivity contribution in [2.45, 2.75) is 4.90 Å². The second kappa shape index (κ2) is 8.50. The zero-order valence-corrected chi connectivity index (χ0v) is 17.7. The maximum Gasteiger partial charge on any atom is 0.335 e. The molecule has 0 saturated carbocycles. The number of aromatic carboxylic acids is 1. The van der Waals surface area contributed by atoms with Gasteiger partial charge in [-0.25, -0.2) is 9.78 Å². The molecular formula is C25H18N2O3S. The van der Waals surface area contributed by atoms with Crippen LogP contribution in [0.4, 0.5) is 0 Å². The van der Waals surface area contributed by atoms with Crippen LogP contribution in [0.5, 0.6) is 5.75 Å². The highest BCUT2D eigenvalue weighted by atomic mass is 32.2. The molecule has 1 N–H and O–H groups in total. The number of hydrogen-bond acceptors (Lipinski definition) is 5. The molecule has 0 radical (unpaired) electrons. The lowest BCUT2D eigenvalue weighted by Crippen LogP contribution is -1.98. The quantitative estimate of drug-likeness (QED) is 0.402. The van der Waals surface area contributed by atoms with Crippen LogP contribution in [0.2, 0.25) is 0 Å². The molecule has 0 spiro atoms. The van der Waals surface area contributed by atoms with E-state index >= 15 is 0 Å². The summed E-state index contributed by atoms with van der Waals surface area (Å²) in [7, 11) is 1.64. The van der Waals surface area contributed by atoms with E-state index in [1.165, 1.54) is 11.8 Å².